The smallest absolute Gasteiger partial charge is 0.243 e. The molecule has 0 unspecified atom stereocenters. The van der Waals surface area contributed by atoms with Gasteiger partial charge in [-0.1, -0.05) is 29.8 Å². The molecule has 1 fully saturated rings. The molecule has 23 heavy (non-hydrogen) atoms. The van der Waals surface area contributed by atoms with Crippen LogP contribution in [0.25, 0.3) is 0 Å². The summed E-state index contributed by atoms with van der Waals surface area (Å²) in [7, 11) is -3.47. The van der Waals surface area contributed by atoms with E-state index < -0.39 is 10.0 Å². The van der Waals surface area contributed by atoms with Gasteiger partial charge in [0.25, 0.3) is 0 Å². The Morgan fingerprint density at radius 3 is 2.22 bits per heavy atom. The Hall–Kier alpha value is -1.76. The fourth-order valence-corrected chi connectivity index (χ4v) is 4.31. The van der Waals surface area contributed by atoms with Gasteiger partial charge >= 0.3 is 0 Å². The quantitative estimate of drug-likeness (QED) is 0.920. The number of halogens is 1. The number of sulfonamides is 1. The van der Waals surface area contributed by atoms with Gasteiger partial charge in [-0.25, -0.2) is 12.8 Å². The minimum Gasteiger partial charge on any atom is -0.298 e. The molecule has 1 saturated heterocycles. The highest BCUT2D eigenvalue weighted by molar-refractivity contribution is 7.89. The molecule has 6 heteroatoms. The average molecular weight is 335 g/mol. The first-order chi connectivity index (χ1) is 11.0. The Labute approximate surface area is 136 Å². The maximum atomic E-state index is 13.9. The summed E-state index contributed by atoms with van der Waals surface area (Å²) >= 11 is 0. The lowest BCUT2D eigenvalue weighted by atomic mass is 10.2. The van der Waals surface area contributed by atoms with E-state index in [1.807, 2.05) is 6.92 Å². The van der Waals surface area contributed by atoms with Gasteiger partial charge in [0.2, 0.25) is 10.0 Å². The van der Waals surface area contributed by atoms with Crippen LogP contribution in [0.1, 0.15) is 5.56 Å². The van der Waals surface area contributed by atoms with Gasteiger partial charge in [0.15, 0.2) is 11.5 Å². The van der Waals surface area contributed by atoms with Gasteiger partial charge in [0.05, 0.1) is 31.1 Å². The molecule has 0 aromatic heterocycles. The van der Waals surface area contributed by atoms with Crippen LogP contribution in [-0.4, -0.2) is 38.9 Å². The van der Waals surface area contributed by atoms with Gasteiger partial charge in [0.1, 0.15) is 0 Å². The van der Waals surface area contributed by atoms with Crippen molar-refractivity contribution in [3.05, 3.63) is 59.9 Å². The zero-order valence-corrected chi connectivity index (χ0v) is 13.8. The summed E-state index contributed by atoms with van der Waals surface area (Å²) in [6.45, 7) is 3.82. The minimum atomic E-state index is -3.47. The third-order valence-electron chi connectivity index (χ3n) is 4.24. The Bertz CT molecular complexity index is 782. The number of piperazine rings is 1. The molecule has 0 atom stereocenters. The SMILES string of the molecule is Cc1ccc(S(=O)(=O)N2CC[NH+](c3ccccc3F)CC2)cc1. The molecule has 0 saturated carbocycles. The molecule has 2 aromatic rings. The topological polar surface area (TPSA) is 41.8 Å². The van der Waals surface area contributed by atoms with Crippen LogP contribution in [-0.2, 0) is 10.0 Å². The van der Waals surface area contributed by atoms with Crippen LogP contribution in [0.15, 0.2) is 53.4 Å². The second kappa shape index (κ2) is 6.39. The van der Waals surface area contributed by atoms with Crippen LogP contribution in [0.4, 0.5) is 10.1 Å². The van der Waals surface area contributed by atoms with Crippen LogP contribution in [0.5, 0.6) is 0 Å². The fourth-order valence-electron chi connectivity index (χ4n) is 2.87. The molecule has 0 radical (unpaired) electrons. The molecule has 1 N–H and O–H groups in total. The van der Waals surface area contributed by atoms with Crippen molar-refractivity contribution in [3.8, 4) is 0 Å². The summed E-state index contributed by atoms with van der Waals surface area (Å²) in [6.07, 6.45) is 0. The Kier molecular flexibility index (Phi) is 4.48. The van der Waals surface area contributed by atoms with E-state index in [4.69, 9.17) is 0 Å². The highest BCUT2D eigenvalue weighted by atomic mass is 32.2. The number of aryl methyl sites for hydroxylation is 1. The van der Waals surface area contributed by atoms with Crippen LogP contribution in [0, 0.1) is 12.7 Å². The third kappa shape index (κ3) is 3.29. The first-order valence-electron chi connectivity index (χ1n) is 7.65. The van der Waals surface area contributed by atoms with Crippen molar-refractivity contribution in [2.45, 2.75) is 11.8 Å². The predicted molar refractivity (Wildman–Crippen MR) is 86.7 cm³/mol. The Morgan fingerprint density at radius 2 is 1.61 bits per heavy atom. The molecule has 122 valence electrons. The lowest BCUT2D eigenvalue weighted by Crippen LogP contribution is -3.10. The highest BCUT2D eigenvalue weighted by Crippen LogP contribution is 2.17. The number of nitrogens with zero attached hydrogens (tertiary/aromatic N) is 1. The summed E-state index contributed by atoms with van der Waals surface area (Å²) in [4.78, 5) is 1.30. The van der Waals surface area contributed by atoms with Gasteiger partial charge in [-0.05, 0) is 25.1 Å². The van der Waals surface area contributed by atoms with Crippen molar-refractivity contribution in [2.75, 3.05) is 26.2 Å². The van der Waals surface area contributed by atoms with E-state index in [9.17, 15) is 12.8 Å². The van der Waals surface area contributed by atoms with Crippen LogP contribution in [0.3, 0.4) is 0 Å². The zero-order chi connectivity index (χ0) is 16.4. The number of para-hydroxylation sites is 1. The normalized spacial score (nSPS) is 17.3. The van der Waals surface area contributed by atoms with E-state index >= 15 is 0 Å². The standard InChI is InChI=1S/C17H19FN2O2S/c1-14-6-8-15(9-7-14)23(21,22)20-12-10-19(11-13-20)17-5-3-2-4-16(17)18/h2-9H,10-13H2,1H3/p+1. The molecule has 0 aliphatic carbocycles. The Balaban J connectivity index is 1.74. The van der Waals surface area contributed by atoms with Crippen molar-refractivity contribution < 1.29 is 17.7 Å². The van der Waals surface area contributed by atoms with Gasteiger partial charge in [-0.2, -0.15) is 4.31 Å². The molecule has 0 amide bonds. The summed E-state index contributed by atoms with van der Waals surface area (Å²) < 4.78 is 40.6. The highest BCUT2D eigenvalue weighted by Gasteiger charge is 2.31. The van der Waals surface area contributed by atoms with Gasteiger partial charge in [0, 0.05) is 6.07 Å². The van der Waals surface area contributed by atoms with Crippen LogP contribution >= 0.6 is 0 Å². The molecule has 3 rings (SSSR count). The van der Waals surface area contributed by atoms with E-state index in [-0.39, 0.29) is 5.82 Å². The van der Waals surface area contributed by atoms with Crippen molar-refractivity contribution in [1.29, 1.82) is 0 Å². The molecule has 0 spiro atoms. The molecule has 2 aromatic carbocycles. The van der Waals surface area contributed by atoms with Gasteiger partial charge in [-0.3, -0.25) is 4.90 Å². The predicted octanol–water partition coefficient (Wildman–Crippen LogP) is 1.36. The van der Waals surface area contributed by atoms with Crippen molar-refractivity contribution in [3.63, 3.8) is 0 Å². The lowest BCUT2D eigenvalue weighted by molar-refractivity contribution is -0.838. The largest absolute Gasteiger partial charge is 0.298 e. The lowest BCUT2D eigenvalue weighted by Gasteiger charge is -2.31. The maximum absolute atomic E-state index is 13.9. The van der Waals surface area contributed by atoms with Crippen molar-refractivity contribution in [1.82, 2.24) is 4.31 Å². The molecule has 1 aliphatic rings. The van der Waals surface area contributed by atoms with Crippen LogP contribution < -0.4 is 4.90 Å². The number of nitrogens with one attached hydrogen (secondary N) is 1. The van der Waals surface area contributed by atoms with Crippen LogP contribution in [0.2, 0.25) is 0 Å². The molecule has 4 nitrogen and oxygen atoms in total. The fraction of sp³-hybridized carbons (Fsp3) is 0.294. The van der Waals surface area contributed by atoms with Gasteiger partial charge < -0.3 is 0 Å². The average Bonchev–Trinajstić information content (AvgIpc) is 2.56. The second-order valence-electron chi connectivity index (χ2n) is 5.80. The second-order valence-corrected chi connectivity index (χ2v) is 7.74. The number of hydrogen-bond acceptors (Lipinski definition) is 2. The zero-order valence-electron chi connectivity index (χ0n) is 13.0. The van der Waals surface area contributed by atoms with E-state index in [2.05, 4.69) is 0 Å². The first-order valence-corrected chi connectivity index (χ1v) is 9.09. The minimum absolute atomic E-state index is 0.239. The van der Waals surface area contributed by atoms with E-state index in [0.717, 1.165) is 10.5 Å². The summed E-state index contributed by atoms with van der Waals surface area (Å²) in [5.41, 5.74) is 1.64. The van der Waals surface area contributed by atoms with Crippen molar-refractivity contribution >= 4 is 15.7 Å². The summed E-state index contributed by atoms with van der Waals surface area (Å²) in [6, 6.07) is 13.5. The number of benzene rings is 2. The summed E-state index contributed by atoms with van der Waals surface area (Å²) in [5.74, 6) is -0.239. The molecule has 1 aliphatic heterocycles. The molecular formula is C17H20FN2O2S+. The van der Waals surface area contributed by atoms with Gasteiger partial charge in [-0.15, -0.1) is 0 Å². The van der Waals surface area contributed by atoms with E-state index in [1.165, 1.54) is 10.4 Å². The molecule has 1 heterocycles. The first kappa shape index (κ1) is 16.1. The maximum Gasteiger partial charge on any atom is 0.243 e. The number of hydrogen-bond donors (Lipinski definition) is 1. The summed E-state index contributed by atoms with van der Waals surface area (Å²) in [5, 5.41) is 0. The molecule has 0 bridgehead atoms. The number of quaternary nitrogens is 1. The monoisotopic (exact) mass is 335 g/mol. The van der Waals surface area contributed by atoms with E-state index in [1.54, 1.807) is 42.5 Å². The Morgan fingerprint density at radius 1 is 1.00 bits per heavy atom. The third-order valence-corrected chi connectivity index (χ3v) is 6.15. The van der Waals surface area contributed by atoms with Crippen molar-refractivity contribution in [2.24, 2.45) is 0 Å². The number of rotatable bonds is 3. The van der Waals surface area contributed by atoms with E-state index in [0.29, 0.717) is 36.8 Å². The molecular weight excluding hydrogens is 315 g/mol.